The molecule has 0 saturated carbocycles. The van der Waals surface area contributed by atoms with E-state index in [2.05, 4.69) is 19.2 Å². The summed E-state index contributed by atoms with van der Waals surface area (Å²) >= 11 is 0. The molecule has 4 heteroatoms. The molecule has 0 aliphatic rings. The number of hydrogen-bond donors (Lipinski definition) is 2. The Morgan fingerprint density at radius 2 is 2.33 bits per heavy atom. The lowest BCUT2D eigenvalue weighted by atomic mass is 10.3. The van der Waals surface area contributed by atoms with E-state index in [0.29, 0.717) is 12.6 Å². The number of rotatable bonds is 7. The van der Waals surface area contributed by atoms with E-state index >= 15 is 0 Å². The molecule has 4 nitrogen and oxygen atoms in total. The first-order chi connectivity index (χ1) is 5.66. The molecule has 1 atom stereocenters. The van der Waals surface area contributed by atoms with Crippen LogP contribution in [0.15, 0.2) is 0 Å². The van der Waals surface area contributed by atoms with E-state index in [4.69, 9.17) is 10.5 Å². The zero-order valence-electron chi connectivity index (χ0n) is 7.80. The third-order valence-electron chi connectivity index (χ3n) is 1.60. The van der Waals surface area contributed by atoms with Crippen molar-refractivity contribution in [3.63, 3.8) is 0 Å². The number of nitrogens with two attached hydrogens (primary N) is 1. The molecule has 1 unspecified atom stereocenters. The largest absolute Gasteiger partial charge is 0.370 e. The average molecular weight is 174 g/mol. The summed E-state index contributed by atoms with van der Waals surface area (Å²) < 4.78 is 4.95. The van der Waals surface area contributed by atoms with Crippen LogP contribution in [0, 0.1) is 0 Å². The first kappa shape index (κ1) is 11.4. The quantitative estimate of drug-likeness (QED) is 0.529. The Labute approximate surface area is 73.5 Å². The van der Waals surface area contributed by atoms with E-state index in [1.54, 1.807) is 0 Å². The number of hydrogen-bond acceptors (Lipinski definition) is 3. The van der Waals surface area contributed by atoms with Crippen molar-refractivity contribution >= 4 is 5.91 Å². The first-order valence-corrected chi connectivity index (χ1v) is 4.26. The maximum Gasteiger partial charge on any atom is 0.243 e. The predicted molar refractivity (Wildman–Crippen MR) is 47.8 cm³/mol. The lowest BCUT2D eigenvalue weighted by Gasteiger charge is -2.10. The molecule has 0 heterocycles. The minimum Gasteiger partial charge on any atom is -0.370 e. The molecule has 0 rings (SSSR count). The summed E-state index contributed by atoms with van der Waals surface area (Å²) in [5, 5.41) is 3.23. The van der Waals surface area contributed by atoms with Crippen molar-refractivity contribution < 1.29 is 9.53 Å². The van der Waals surface area contributed by atoms with Crippen molar-refractivity contribution in [2.24, 2.45) is 5.73 Å². The molecule has 0 fully saturated rings. The summed E-state index contributed by atoms with van der Waals surface area (Å²) in [7, 11) is 0. The summed E-state index contributed by atoms with van der Waals surface area (Å²) in [6.45, 7) is 5.54. The lowest BCUT2D eigenvalue weighted by molar-refractivity contribution is -0.122. The van der Waals surface area contributed by atoms with E-state index in [9.17, 15) is 4.79 Å². The molecule has 1 amide bonds. The van der Waals surface area contributed by atoms with Crippen LogP contribution < -0.4 is 11.1 Å². The van der Waals surface area contributed by atoms with Crippen LogP contribution >= 0.6 is 0 Å². The summed E-state index contributed by atoms with van der Waals surface area (Å²) in [4.78, 5) is 10.2. The Bertz CT molecular complexity index is 128. The zero-order valence-corrected chi connectivity index (χ0v) is 7.80. The maximum atomic E-state index is 10.2. The molecule has 0 spiro atoms. The molecule has 3 N–H and O–H groups in total. The van der Waals surface area contributed by atoms with Crippen LogP contribution in [0.4, 0.5) is 0 Å². The number of primary amides is 1. The molecular formula is C8H18N2O2. The Morgan fingerprint density at radius 1 is 1.67 bits per heavy atom. The van der Waals surface area contributed by atoms with Gasteiger partial charge in [0, 0.05) is 12.6 Å². The summed E-state index contributed by atoms with van der Waals surface area (Å²) in [6, 6.07) is 0.502. The van der Waals surface area contributed by atoms with Crippen LogP contribution in [0.3, 0.4) is 0 Å². The van der Waals surface area contributed by atoms with Crippen LogP contribution in [-0.2, 0) is 9.53 Å². The van der Waals surface area contributed by atoms with E-state index in [1.165, 1.54) is 0 Å². The SMILES string of the molecule is CCC(C)NCCOCC(N)=O. The molecule has 0 bridgehead atoms. The van der Waals surface area contributed by atoms with Crippen LogP contribution in [0.5, 0.6) is 0 Å². The van der Waals surface area contributed by atoms with Crippen molar-refractivity contribution in [3.8, 4) is 0 Å². The highest BCUT2D eigenvalue weighted by Gasteiger charge is 1.96. The van der Waals surface area contributed by atoms with Gasteiger partial charge in [-0.2, -0.15) is 0 Å². The highest BCUT2D eigenvalue weighted by Crippen LogP contribution is 1.85. The van der Waals surface area contributed by atoms with Gasteiger partial charge >= 0.3 is 0 Å². The fraction of sp³-hybridized carbons (Fsp3) is 0.875. The second-order valence-electron chi connectivity index (χ2n) is 2.78. The molecule has 72 valence electrons. The molecule has 0 radical (unpaired) electrons. The highest BCUT2D eigenvalue weighted by atomic mass is 16.5. The highest BCUT2D eigenvalue weighted by molar-refractivity contribution is 5.74. The van der Waals surface area contributed by atoms with Crippen LogP contribution in [0.2, 0.25) is 0 Å². The monoisotopic (exact) mass is 174 g/mol. The van der Waals surface area contributed by atoms with Gasteiger partial charge < -0.3 is 15.8 Å². The van der Waals surface area contributed by atoms with Crippen molar-refractivity contribution in [3.05, 3.63) is 0 Å². The number of amides is 1. The van der Waals surface area contributed by atoms with Gasteiger partial charge in [-0.15, -0.1) is 0 Å². The second kappa shape index (κ2) is 7.06. The Morgan fingerprint density at radius 3 is 2.83 bits per heavy atom. The molecule has 0 aromatic heterocycles. The number of nitrogens with one attached hydrogen (secondary N) is 1. The molecule has 0 aliphatic heterocycles. The van der Waals surface area contributed by atoms with Crippen molar-refractivity contribution in [2.45, 2.75) is 26.3 Å². The Kier molecular flexibility index (Phi) is 6.70. The normalized spacial score (nSPS) is 12.8. The van der Waals surface area contributed by atoms with Gasteiger partial charge in [0.2, 0.25) is 5.91 Å². The zero-order chi connectivity index (χ0) is 9.40. The lowest BCUT2D eigenvalue weighted by Crippen LogP contribution is -2.30. The summed E-state index contributed by atoms with van der Waals surface area (Å²) in [5.74, 6) is -0.418. The van der Waals surface area contributed by atoms with Gasteiger partial charge in [0.1, 0.15) is 6.61 Å². The van der Waals surface area contributed by atoms with E-state index < -0.39 is 5.91 Å². The summed E-state index contributed by atoms with van der Waals surface area (Å²) in [6.07, 6.45) is 1.09. The molecular weight excluding hydrogens is 156 g/mol. The van der Waals surface area contributed by atoms with Crippen molar-refractivity contribution in [1.82, 2.24) is 5.32 Å². The smallest absolute Gasteiger partial charge is 0.243 e. The minimum absolute atomic E-state index is 0.0161. The molecule has 0 aromatic carbocycles. The fourth-order valence-corrected chi connectivity index (χ4v) is 0.695. The van der Waals surface area contributed by atoms with Gasteiger partial charge in [0.25, 0.3) is 0 Å². The first-order valence-electron chi connectivity index (χ1n) is 4.26. The van der Waals surface area contributed by atoms with Gasteiger partial charge in [-0.1, -0.05) is 6.92 Å². The Balaban J connectivity index is 3.05. The number of ether oxygens (including phenoxy) is 1. The molecule has 0 aliphatic carbocycles. The van der Waals surface area contributed by atoms with E-state index in [1.807, 2.05) is 0 Å². The van der Waals surface area contributed by atoms with Gasteiger partial charge in [-0.25, -0.2) is 0 Å². The number of carbonyl (C=O) groups excluding carboxylic acids is 1. The standard InChI is InChI=1S/C8H18N2O2/c1-3-7(2)10-4-5-12-6-8(9)11/h7,10H,3-6H2,1-2H3,(H2,9,11). The van der Waals surface area contributed by atoms with Gasteiger partial charge in [-0.3, -0.25) is 4.79 Å². The topological polar surface area (TPSA) is 64.3 Å². The summed E-state index contributed by atoms with van der Waals surface area (Å²) in [5.41, 5.74) is 4.88. The van der Waals surface area contributed by atoms with Gasteiger partial charge in [0.05, 0.1) is 6.61 Å². The van der Waals surface area contributed by atoms with Gasteiger partial charge in [0.15, 0.2) is 0 Å². The van der Waals surface area contributed by atoms with Crippen molar-refractivity contribution in [1.29, 1.82) is 0 Å². The maximum absolute atomic E-state index is 10.2. The second-order valence-corrected chi connectivity index (χ2v) is 2.78. The van der Waals surface area contributed by atoms with E-state index in [-0.39, 0.29) is 6.61 Å². The predicted octanol–water partition coefficient (Wildman–Crippen LogP) is -0.124. The van der Waals surface area contributed by atoms with E-state index in [0.717, 1.165) is 13.0 Å². The molecule has 12 heavy (non-hydrogen) atoms. The number of carbonyl (C=O) groups is 1. The fourth-order valence-electron chi connectivity index (χ4n) is 0.695. The van der Waals surface area contributed by atoms with Crippen LogP contribution in [0.25, 0.3) is 0 Å². The van der Waals surface area contributed by atoms with Crippen molar-refractivity contribution in [2.75, 3.05) is 19.8 Å². The van der Waals surface area contributed by atoms with Crippen LogP contribution in [0.1, 0.15) is 20.3 Å². The average Bonchev–Trinajstić information content (AvgIpc) is 2.03. The minimum atomic E-state index is -0.418. The third-order valence-corrected chi connectivity index (χ3v) is 1.60. The van der Waals surface area contributed by atoms with Gasteiger partial charge in [-0.05, 0) is 13.3 Å². The van der Waals surface area contributed by atoms with Crippen LogP contribution in [-0.4, -0.2) is 31.7 Å². The molecule has 0 aromatic rings. The Hall–Kier alpha value is -0.610. The molecule has 0 saturated heterocycles. The third kappa shape index (κ3) is 7.50.